The number of rotatable bonds is 7. The van der Waals surface area contributed by atoms with Gasteiger partial charge in [0.05, 0.1) is 5.56 Å². The van der Waals surface area contributed by atoms with Crippen LogP contribution >= 0.6 is 23.9 Å². The summed E-state index contributed by atoms with van der Waals surface area (Å²) in [5.41, 5.74) is 2.60. The third-order valence-electron chi connectivity index (χ3n) is 5.66. The number of nitrogens with zero attached hydrogens (tertiary/aromatic N) is 3. The van der Waals surface area contributed by atoms with E-state index in [1.54, 1.807) is 6.92 Å². The van der Waals surface area contributed by atoms with Gasteiger partial charge in [-0.05, 0) is 61.2 Å². The van der Waals surface area contributed by atoms with Crippen LogP contribution in [-0.4, -0.2) is 34.4 Å². The van der Waals surface area contributed by atoms with E-state index in [-0.39, 0.29) is 28.8 Å². The fraction of sp³-hybridized carbons (Fsp3) is 0.440. The predicted molar refractivity (Wildman–Crippen MR) is 134 cm³/mol. The van der Waals surface area contributed by atoms with Crippen LogP contribution in [0, 0.1) is 6.92 Å². The zero-order valence-corrected chi connectivity index (χ0v) is 21.9. The van der Waals surface area contributed by atoms with Crippen LogP contribution in [-0.2, 0) is 18.0 Å². The summed E-state index contributed by atoms with van der Waals surface area (Å²) in [6.45, 7) is 11.7. The largest absolute Gasteiger partial charge is 0.429 e. The maximum absolute atomic E-state index is 13.8. The van der Waals surface area contributed by atoms with Crippen molar-refractivity contribution in [2.45, 2.75) is 52.6 Å². The highest BCUT2D eigenvalue weighted by Gasteiger charge is 2.35. The quantitative estimate of drug-likeness (QED) is 0.327. The molecule has 0 aliphatic rings. The van der Waals surface area contributed by atoms with Crippen molar-refractivity contribution in [1.82, 2.24) is 14.3 Å². The molecule has 3 aromatic rings. The van der Waals surface area contributed by atoms with Gasteiger partial charge in [0.2, 0.25) is 0 Å². The number of ether oxygens (including phenoxy) is 1. The first-order chi connectivity index (χ1) is 15.4. The lowest BCUT2D eigenvalue weighted by Gasteiger charge is -2.18. The minimum atomic E-state index is -4.54. The third-order valence-corrected chi connectivity index (χ3v) is 6.26. The average Bonchev–Trinajstić information content (AvgIpc) is 3.20. The van der Waals surface area contributed by atoms with Gasteiger partial charge in [-0.2, -0.15) is 22.5 Å². The summed E-state index contributed by atoms with van der Waals surface area (Å²) in [4.78, 5) is 6.39. The molecule has 0 fully saturated rings. The van der Waals surface area contributed by atoms with Gasteiger partial charge in [-0.15, -0.1) is 12.4 Å². The molecule has 4 nitrogen and oxygen atoms in total. The van der Waals surface area contributed by atoms with E-state index in [0.717, 1.165) is 29.2 Å². The second kappa shape index (κ2) is 11.1. The first-order valence-corrected chi connectivity index (χ1v) is 11.7. The van der Waals surface area contributed by atoms with Crippen molar-refractivity contribution in [2.24, 2.45) is 0 Å². The molecule has 0 spiro atoms. The van der Waals surface area contributed by atoms with Gasteiger partial charge in [-0.3, -0.25) is 0 Å². The topological polar surface area (TPSA) is 38.2 Å². The highest BCUT2D eigenvalue weighted by molar-refractivity contribution is 7.07. The second-order valence-electron chi connectivity index (χ2n) is 9.23. The number of aryl methyl sites for hydroxylation is 1. The summed E-state index contributed by atoms with van der Waals surface area (Å²) in [5.74, 6) is 0.179. The van der Waals surface area contributed by atoms with Crippen LogP contribution in [0.25, 0.3) is 11.4 Å². The van der Waals surface area contributed by atoms with Crippen LogP contribution < -0.4 is 4.74 Å². The number of benzene rings is 2. The van der Waals surface area contributed by atoms with E-state index in [1.807, 2.05) is 38.2 Å². The molecule has 1 aromatic heterocycles. The molecular weight excluding hydrogens is 483 g/mol. The van der Waals surface area contributed by atoms with Crippen molar-refractivity contribution in [2.75, 3.05) is 20.1 Å². The molecule has 0 unspecified atom stereocenters. The first kappa shape index (κ1) is 28.1. The monoisotopic (exact) mass is 513 g/mol. The number of hydrogen-bond donors (Lipinski definition) is 0. The molecule has 0 aliphatic carbocycles. The molecule has 0 saturated carbocycles. The molecule has 0 N–H and O–H groups in total. The first-order valence-electron chi connectivity index (χ1n) is 10.9. The standard InChI is InChI=1S/C25H30F3N3OS.ClH/c1-7-31(6)13-12-18-15-20(25(26,27)28)21(14-16(18)2)32-23-29-22(30-33-23)17-8-10-19(11-9-17)24(3,4)5;/h8-11,14-15H,7,12-13H2,1-6H3;1H. The molecule has 0 saturated heterocycles. The number of halogens is 4. The Labute approximate surface area is 209 Å². The molecular formula is C25H31ClF3N3OS. The average molecular weight is 514 g/mol. The van der Waals surface area contributed by atoms with E-state index < -0.39 is 11.7 Å². The van der Waals surface area contributed by atoms with Gasteiger partial charge in [0.1, 0.15) is 5.75 Å². The third kappa shape index (κ3) is 6.93. The zero-order chi connectivity index (χ0) is 24.4. The Morgan fingerprint density at radius 2 is 1.71 bits per heavy atom. The molecule has 3 rings (SSSR count). The Morgan fingerprint density at radius 3 is 2.26 bits per heavy atom. The maximum atomic E-state index is 13.8. The van der Waals surface area contributed by atoms with Crippen molar-refractivity contribution in [3.8, 4) is 22.3 Å². The SMILES string of the molecule is CCN(C)CCc1cc(C(F)(F)F)c(Oc2nc(-c3ccc(C(C)(C)C)cc3)ns2)cc1C.Cl. The summed E-state index contributed by atoms with van der Waals surface area (Å²) in [7, 11) is 1.95. The molecule has 0 amide bonds. The summed E-state index contributed by atoms with van der Waals surface area (Å²) in [5, 5.41) is 0.0771. The lowest BCUT2D eigenvalue weighted by molar-refractivity contribution is -0.138. The number of alkyl halides is 3. The van der Waals surface area contributed by atoms with Crippen LogP contribution in [0.3, 0.4) is 0 Å². The Balaban J connectivity index is 0.00000408. The maximum Gasteiger partial charge on any atom is 0.419 e. The summed E-state index contributed by atoms with van der Waals surface area (Å²) in [6, 6.07) is 10.5. The minimum Gasteiger partial charge on any atom is -0.429 e. The van der Waals surface area contributed by atoms with Gasteiger partial charge in [0.15, 0.2) is 5.82 Å². The van der Waals surface area contributed by atoms with Crippen LogP contribution in [0.2, 0.25) is 0 Å². The van der Waals surface area contributed by atoms with E-state index in [4.69, 9.17) is 4.74 Å². The predicted octanol–water partition coefficient (Wildman–Crippen LogP) is 7.54. The summed E-state index contributed by atoms with van der Waals surface area (Å²) in [6.07, 6.45) is -4.00. The van der Waals surface area contributed by atoms with Crippen LogP contribution in [0.1, 0.15) is 49.9 Å². The van der Waals surface area contributed by atoms with Crippen molar-refractivity contribution in [3.63, 3.8) is 0 Å². The molecule has 1 heterocycles. The van der Waals surface area contributed by atoms with Crippen molar-refractivity contribution in [1.29, 1.82) is 0 Å². The minimum absolute atomic E-state index is 0. The molecule has 34 heavy (non-hydrogen) atoms. The number of hydrogen-bond acceptors (Lipinski definition) is 5. The van der Waals surface area contributed by atoms with E-state index in [0.29, 0.717) is 24.4 Å². The summed E-state index contributed by atoms with van der Waals surface area (Å²) < 4.78 is 51.3. The van der Waals surface area contributed by atoms with E-state index in [1.165, 1.54) is 17.7 Å². The molecule has 2 aromatic carbocycles. The van der Waals surface area contributed by atoms with Crippen LogP contribution in [0.4, 0.5) is 13.2 Å². The van der Waals surface area contributed by atoms with Crippen molar-refractivity contribution >= 4 is 23.9 Å². The summed E-state index contributed by atoms with van der Waals surface area (Å²) >= 11 is 0.938. The Hall–Kier alpha value is -2.16. The number of likely N-dealkylation sites (N-methyl/N-ethyl adjacent to an activating group) is 1. The van der Waals surface area contributed by atoms with Gasteiger partial charge >= 0.3 is 6.18 Å². The van der Waals surface area contributed by atoms with Gasteiger partial charge < -0.3 is 9.64 Å². The molecule has 0 atom stereocenters. The van der Waals surface area contributed by atoms with E-state index in [2.05, 4.69) is 35.0 Å². The van der Waals surface area contributed by atoms with Crippen molar-refractivity contribution < 1.29 is 17.9 Å². The Morgan fingerprint density at radius 1 is 1.06 bits per heavy atom. The van der Waals surface area contributed by atoms with Gasteiger partial charge in [0, 0.05) is 23.6 Å². The Bertz CT molecular complexity index is 1090. The molecule has 0 aliphatic heterocycles. The number of aromatic nitrogens is 2. The normalized spacial score (nSPS) is 12.1. The van der Waals surface area contributed by atoms with Gasteiger partial charge in [-0.25, -0.2) is 0 Å². The fourth-order valence-electron chi connectivity index (χ4n) is 3.35. The van der Waals surface area contributed by atoms with E-state index in [9.17, 15) is 13.2 Å². The molecule has 0 bridgehead atoms. The lowest BCUT2D eigenvalue weighted by Crippen LogP contribution is -2.21. The van der Waals surface area contributed by atoms with Crippen molar-refractivity contribution in [3.05, 3.63) is 58.7 Å². The Kier molecular flexibility index (Phi) is 9.13. The molecule has 9 heteroatoms. The fourth-order valence-corrected chi connectivity index (χ4v) is 3.92. The van der Waals surface area contributed by atoms with Gasteiger partial charge in [-0.1, -0.05) is 52.0 Å². The molecule has 186 valence electrons. The van der Waals surface area contributed by atoms with Gasteiger partial charge in [0.25, 0.3) is 5.19 Å². The highest BCUT2D eigenvalue weighted by Crippen LogP contribution is 2.40. The zero-order valence-electron chi connectivity index (χ0n) is 20.3. The van der Waals surface area contributed by atoms with Crippen LogP contribution in [0.5, 0.6) is 10.9 Å². The highest BCUT2D eigenvalue weighted by atomic mass is 35.5. The smallest absolute Gasteiger partial charge is 0.419 e. The lowest BCUT2D eigenvalue weighted by atomic mass is 9.87. The second-order valence-corrected chi connectivity index (χ2v) is 9.95. The van der Waals surface area contributed by atoms with Crippen LogP contribution in [0.15, 0.2) is 36.4 Å². The molecule has 0 radical (unpaired) electrons. The van der Waals surface area contributed by atoms with E-state index >= 15 is 0 Å².